The molecule has 0 aromatic heterocycles. The molecule has 0 saturated carbocycles. The largest absolute Gasteiger partial charge is 0.480 e. The summed E-state index contributed by atoms with van der Waals surface area (Å²) in [6.45, 7) is 0.194. The topological polar surface area (TPSA) is 116 Å². The fourth-order valence-electron chi connectivity index (χ4n) is 2.33. The third-order valence-corrected chi connectivity index (χ3v) is 3.78. The van der Waals surface area contributed by atoms with E-state index in [1.807, 2.05) is 42.5 Å². The van der Waals surface area contributed by atoms with Crippen LogP contribution in [0.1, 0.15) is 16.7 Å². The first-order chi connectivity index (χ1) is 12.0. The van der Waals surface area contributed by atoms with E-state index >= 15 is 0 Å². The molecule has 0 aliphatic carbocycles. The van der Waals surface area contributed by atoms with Crippen LogP contribution in [0.2, 0.25) is 0 Å². The van der Waals surface area contributed by atoms with Crippen molar-refractivity contribution in [2.75, 3.05) is 0 Å². The van der Waals surface area contributed by atoms with Crippen LogP contribution in [0.15, 0.2) is 54.6 Å². The molecule has 0 spiro atoms. The maximum atomic E-state index is 12.0. The van der Waals surface area contributed by atoms with Crippen molar-refractivity contribution in [2.45, 2.75) is 31.5 Å². The van der Waals surface area contributed by atoms with Crippen molar-refractivity contribution in [1.29, 1.82) is 0 Å². The SMILES string of the molecule is NC(Cc1ccc(CC(N)C(=O)OCc2ccccc2)cc1)C(=O)O. The predicted octanol–water partition coefficient (Wildman–Crippen LogP) is 1.25. The Hall–Kier alpha value is -2.70. The number of benzene rings is 2. The summed E-state index contributed by atoms with van der Waals surface area (Å²) in [5.74, 6) is -1.49. The van der Waals surface area contributed by atoms with E-state index in [1.54, 1.807) is 12.1 Å². The van der Waals surface area contributed by atoms with Gasteiger partial charge in [0.1, 0.15) is 18.7 Å². The van der Waals surface area contributed by atoms with Gasteiger partial charge >= 0.3 is 11.9 Å². The second-order valence-corrected chi connectivity index (χ2v) is 5.87. The summed E-state index contributed by atoms with van der Waals surface area (Å²) in [5.41, 5.74) is 14.0. The molecule has 0 heterocycles. The van der Waals surface area contributed by atoms with Crippen LogP contribution in [0.5, 0.6) is 0 Å². The summed E-state index contributed by atoms with van der Waals surface area (Å²) in [5, 5.41) is 8.82. The van der Waals surface area contributed by atoms with Crippen molar-refractivity contribution in [3.8, 4) is 0 Å². The standard InChI is InChI=1S/C19H22N2O4/c20-16(18(22)23)10-13-6-8-14(9-7-13)11-17(21)19(24)25-12-15-4-2-1-3-5-15/h1-9,16-17H,10-12,20-21H2,(H,22,23). The highest BCUT2D eigenvalue weighted by Gasteiger charge is 2.16. The molecule has 0 aliphatic rings. The van der Waals surface area contributed by atoms with Gasteiger partial charge in [0.15, 0.2) is 0 Å². The average Bonchev–Trinajstić information content (AvgIpc) is 2.62. The molecule has 2 rings (SSSR count). The lowest BCUT2D eigenvalue weighted by Crippen LogP contribution is -2.34. The first kappa shape index (κ1) is 18.6. The number of hydrogen-bond donors (Lipinski definition) is 3. The molecule has 6 heteroatoms. The highest BCUT2D eigenvalue weighted by molar-refractivity contribution is 5.76. The quantitative estimate of drug-likeness (QED) is 0.622. The zero-order valence-electron chi connectivity index (χ0n) is 13.8. The van der Waals surface area contributed by atoms with E-state index in [4.69, 9.17) is 21.3 Å². The highest BCUT2D eigenvalue weighted by Crippen LogP contribution is 2.10. The van der Waals surface area contributed by atoms with E-state index in [0.29, 0.717) is 6.42 Å². The molecule has 2 unspecified atom stereocenters. The molecule has 2 aromatic carbocycles. The van der Waals surface area contributed by atoms with Crippen LogP contribution in [-0.4, -0.2) is 29.1 Å². The van der Waals surface area contributed by atoms with Gasteiger partial charge in [0.25, 0.3) is 0 Å². The number of carbonyl (C=O) groups excluding carboxylic acids is 1. The van der Waals surface area contributed by atoms with Gasteiger partial charge in [-0.05, 0) is 29.5 Å². The molecule has 5 N–H and O–H groups in total. The lowest BCUT2D eigenvalue weighted by atomic mass is 10.0. The zero-order chi connectivity index (χ0) is 18.2. The molecule has 6 nitrogen and oxygen atoms in total. The third-order valence-electron chi connectivity index (χ3n) is 3.78. The van der Waals surface area contributed by atoms with Crippen molar-refractivity contribution in [3.05, 3.63) is 71.3 Å². The Labute approximate surface area is 146 Å². The lowest BCUT2D eigenvalue weighted by molar-refractivity contribution is -0.146. The van der Waals surface area contributed by atoms with Gasteiger partial charge in [-0.15, -0.1) is 0 Å². The highest BCUT2D eigenvalue weighted by atomic mass is 16.5. The fourth-order valence-corrected chi connectivity index (χ4v) is 2.33. The Kier molecular flexibility index (Phi) is 6.68. The smallest absolute Gasteiger partial charge is 0.323 e. The number of ether oxygens (including phenoxy) is 1. The molecular formula is C19H22N2O4. The Bertz CT molecular complexity index is 701. The first-order valence-electron chi connectivity index (χ1n) is 7.98. The number of carboxylic acids is 1. The van der Waals surface area contributed by atoms with Gasteiger partial charge < -0.3 is 21.3 Å². The van der Waals surface area contributed by atoms with Crippen LogP contribution in [0.25, 0.3) is 0 Å². The van der Waals surface area contributed by atoms with Gasteiger partial charge in [0.2, 0.25) is 0 Å². The van der Waals surface area contributed by atoms with Crippen molar-refractivity contribution in [1.82, 2.24) is 0 Å². The van der Waals surface area contributed by atoms with Gasteiger partial charge in [0.05, 0.1) is 0 Å². The van der Waals surface area contributed by atoms with Gasteiger partial charge in [-0.3, -0.25) is 9.59 Å². The fraction of sp³-hybridized carbons (Fsp3) is 0.263. The maximum Gasteiger partial charge on any atom is 0.323 e. The van der Waals surface area contributed by atoms with E-state index < -0.39 is 24.0 Å². The third kappa shape index (κ3) is 6.02. The average molecular weight is 342 g/mol. The molecule has 0 amide bonds. The normalized spacial score (nSPS) is 13.0. The summed E-state index contributed by atoms with van der Waals surface area (Å²) in [6.07, 6.45) is 0.597. The maximum absolute atomic E-state index is 12.0. The lowest BCUT2D eigenvalue weighted by Gasteiger charge is -2.12. The molecule has 2 aromatic rings. The molecular weight excluding hydrogens is 320 g/mol. The Morgan fingerprint density at radius 1 is 0.840 bits per heavy atom. The van der Waals surface area contributed by atoms with Gasteiger partial charge in [-0.25, -0.2) is 0 Å². The molecule has 25 heavy (non-hydrogen) atoms. The van der Waals surface area contributed by atoms with E-state index in [9.17, 15) is 9.59 Å². The second kappa shape index (κ2) is 8.96. The van der Waals surface area contributed by atoms with E-state index in [2.05, 4.69) is 0 Å². The van der Waals surface area contributed by atoms with Crippen molar-refractivity contribution >= 4 is 11.9 Å². The summed E-state index contributed by atoms with van der Waals surface area (Å²) < 4.78 is 5.22. The predicted molar refractivity (Wildman–Crippen MR) is 93.7 cm³/mol. The van der Waals surface area contributed by atoms with Crippen LogP contribution >= 0.6 is 0 Å². The monoisotopic (exact) mass is 342 g/mol. The second-order valence-electron chi connectivity index (χ2n) is 5.87. The van der Waals surface area contributed by atoms with Gasteiger partial charge in [0, 0.05) is 0 Å². The van der Waals surface area contributed by atoms with Crippen molar-refractivity contribution < 1.29 is 19.4 Å². The molecule has 0 fully saturated rings. The number of rotatable bonds is 8. The Balaban J connectivity index is 1.84. The van der Waals surface area contributed by atoms with Crippen LogP contribution in [-0.2, 0) is 33.8 Å². The van der Waals surface area contributed by atoms with E-state index in [1.165, 1.54) is 0 Å². The number of hydrogen-bond acceptors (Lipinski definition) is 5. The summed E-state index contributed by atoms with van der Waals surface area (Å²) in [4.78, 5) is 22.7. The minimum Gasteiger partial charge on any atom is -0.480 e. The van der Waals surface area contributed by atoms with Gasteiger partial charge in [-0.2, -0.15) is 0 Å². The number of carboxylic acid groups (broad SMARTS) is 1. The van der Waals surface area contributed by atoms with Crippen molar-refractivity contribution in [2.24, 2.45) is 11.5 Å². The summed E-state index contributed by atoms with van der Waals surface area (Å²) >= 11 is 0. The number of esters is 1. The molecule has 0 saturated heterocycles. The first-order valence-corrected chi connectivity index (χ1v) is 7.98. The van der Waals surface area contributed by atoms with Crippen LogP contribution in [0, 0.1) is 0 Å². The molecule has 2 atom stereocenters. The number of nitrogens with two attached hydrogens (primary N) is 2. The van der Waals surface area contributed by atoms with Crippen LogP contribution < -0.4 is 11.5 Å². The Morgan fingerprint density at radius 2 is 1.36 bits per heavy atom. The number of carbonyl (C=O) groups is 2. The van der Waals surface area contributed by atoms with Crippen LogP contribution in [0.4, 0.5) is 0 Å². The Morgan fingerprint density at radius 3 is 1.88 bits per heavy atom. The zero-order valence-corrected chi connectivity index (χ0v) is 13.8. The number of aliphatic carboxylic acids is 1. The van der Waals surface area contributed by atoms with E-state index in [0.717, 1.165) is 16.7 Å². The van der Waals surface area contributed by atoms with Gasteiger partial charge in [-0.1, -0.05) is 54.6 Å². The van der Waals surface area contributed by atoms with Crippen LogP contribution in [0.3, 0.4) is 0 Å². The van der Waals surface area contributed by atoms with E-state index in [-0.39, 0.29) is 13.0 Å². The van der Waals surface area contributed by atoms with Crippen molar-refractivity contribution in [3.63, 3.8) is 0 Å². The molecule has 132 valence electrons. The molecule has 0 bridgehead atoms. The minimum absolute atomic E-state index is 0.194. The summed E-state index contributed by atoms with van der Waals surface area (Å²) in [7, 11) is 0. The summed E-state index contributed by atoms with van der Waals surface area (Å²) in [6, 6.07) is 14.9. The molecule has 0 aliphatic heterocycles. The minimum atomic E-state index is -1.03. The molecule has 0 radical (unpaired) electrons.